The summed E-state index contributed by atoms with van der Waals surface area (Å²) in [6.45, 7) is 0.405. The lowest BCUT2D eigenvalue weighted by Crippen LogP contribution is -1.95. The van der Waals surface area contributed by atoms with E-state index in [0.29, 0.717) is 33.7 Å². The molecule has 4 rings (SSSR count). The van der Waals surface area contributed by atoms with Crippen molar-refractivity contribution in [2.24, 2.45) is 0 Å². The highest BCUT2D eigenvalue weighted by molar-refractivity contribution is 9.10. The Kier molecular flexibility index (Phi) is 5.81. The van der Waals surface area contributed by atoms with Crippen molar-refractivity contribution in [2.45, 2.75) is 6.61 Å². The second-order valence-electron chi connectivity index (χ2n) is 6.38. The SMILES string of the molecule is Oc1cc(OCc2ccc(Br)cc2)ccc1-c1[nH]ncc1-c1ccc(Cl)cc1Cl. The Bertz CT molecular complexity index is 1160. The molecular formula is C22H15BrCl2N2O2. The molecule has 3 aromatic carbocycles. The van der Waals surface area contributed by atoms with E-state index in [1.54, 1.807) is 30.5 Å². The Morgan fingerprint density at radius 1 is 0.931 bits per heavy atom. The topological polar surface area (TPSA) is 58.1 Å². The van der Waals surface area contributed by atoms with E-state index in [0.717, 1.165) is 21.2 Å². The summed E-state index contributed by atoms with van der Waals surface area (Å²) in [5.41, 5.74) is 3.83. The first-order valence-electron chi connectivity index (χ1n) is 8.70. The number of phenols is 1. The average molecular weight is 490 g/mol. The van der Waals surface area contributed by atoms with Crippen molar-refractivity contribution in [1.82, 2.24) is 10.2 Å². The van der Waals surface area contributed by atoms with E-state index in [1.807, 2.05) is 36.4 Å². The molecule has 0 aliphatic carbocycles. The molecule has 146 valence electrons. The van der Waals surface area contributed by atoms with E-state index in [9.17, 15) is 5.11 Å². The van der Waals surface area contributed by atoms with Crippen LogP contribution < -0.4 is 4.74 Å². The Morgan fingerprint density at radius 3 is 2.41 bits per heavy atom. The molecule has 0 aliphatic heterocycles. The number of H-pyrrole nitrogens is 1. The highest BCUT2D eigenvalue weighted by atomic mass is 79.9. The summed E-state index contributed by atoms with van der Waals surface area (Å²) in [4.78, 5) is 0. The summed E-state index contributed by atoms with van der Waals surface area (Å²) in [6.07, 6.45) is 1.67. The number of nitrogens with zero attached hydrogens (tertiary/aromatic N) is 1. The first-order valence-corrected chi connectivity index (χ1v) is 10.3. The molecule has 1 heterocycles. The van der Waals surface area contributed by atoms with Crippen LogP contribution in [0, 0.1) is 0 Å². The van der Waals surface area contributed by atoms with Gasteiger partial charge in [0.05, 0.1) is 16.9 Å². The van der Waals surface area contributed by atoms with Crippen molar-refractivity contribution in [3.8, 4) is 33.9 Å². The summed E-state index contributed by atoms with van der Waals surface area (Å²) < 4.78 is 6.81. The molecule has 29 heavy (non-hydrogen) atoms. The van der Waals surface area contributed by atoms with Crippen molar-refractivity contribution < 1.29 is 9.84 Å². The van der Waals surface area contributed by atoms with Crippen LogP contribution in [0.4, 0.5) is 0 Å². The number of aromatic hydroxyl groups is 1. The summed E-state index contributed by atoms with van der Waals surface area (Å²) in [6, 6.07) is 18.3. The van der Waals surface area contributed by atoms with Crippen LogP contribution in [0.5, 0.6) is 11.5 Å². The molecule has 0 saturated heterocycles. The molecule has 0 fully saturated rings. The predicted octanol–water partition coefficient (Wildman–Crippen LogP) is 7.10. The number of aromatic amines is 1. The minimum absolute atomic E-state index is 0.0777. The van der Waals surface area contributed by atoms with E-state index in [4.69, 9.17) is 27.9 Å². The van der Waals surface area contributed by atoms with Gasteiger partial charge < -0.3 is 9.84 Å². The van der Waals surface area contributed by atoms with Gasteiger partial charge in [-0.15, -0.1) is 0 Å². The van der Waals surface area contributed by atoms with Gasteiger partial charge >= 0.3 is 0 Å². The van der Waals surface area contributed by atoms with Gasteiger partial charge in [-0.1, -0.05) is 57.3 Å². The van der Waals surface area contributed by atoms with Gasteiger partial charge in [-0.2, -0.15) is 5.10 Å². The molecule has 0 amide bonds. The molecule has 0 aliphatic rings. The second kappa shape index (κ2) is 8.49. The third kappa shape index (κ3) is 4.42. The van der Waals surface area contributed by atoms with Crippen LogP contribution in [-0.2, 0) is 6.61 Å². The van der Waals surface area contributed by atoms with E-state index < -0.39 is 0 Å². The van der Waals surface area contributed by atoms with Gasteiger partial charge in [-0.3, -0.25) is 5.10 Å². The number of hydrogen-bond donors (Lipinski definition) is 2. The maximum Gasteiger partial charge on any atom is 0.128 e. The van der Waals surface area contributed by atoms with E-state index in [-0.39, 0.29) is 5.75 Å². The highest BCUT2D eigenvalue weighted by Crippen LogP contribution is 2.39. The van der Waals surface area contributed by atoms with Crippen LogP contribution >= 0.6 is 39.1 Å². The van der Waals surface area contributed by atoms with Crippen LogP contribution in [0.1, 0.15) is 5.56 Å². The highest BCUT2D eigenvalue weighted by Gasteiger charge is 2.16. The molecule has 0 unspecified atom stereocenters. The number of ether oxygens (including phenoxy) is 1. The lowest BCUT2D eigenvalue weighted by molar-refractivity contribution is 0.304. The Hall–Kier alpha value is -2.47. The summed E-state index contributed by atoms with van der Waals surface area (Å²) in [5.74, 6) is 0.647. The minimum Gasteiger partial charge on any atom is -0.507 e. The predicted molar refractivity (Wildman–Crippen MR) is 120 cm³/mol. The van der Waals surface area contributed by atoms with Gasteiger partial charge in [-0.25, -0.2) is 0 Å². The lowest BCUT2D eigenvalue weighted by Gasteiger charge is -2.11. The van der Waals surface area contributed by atoms with Crippen LogP contribution in [0.3, 0.4) is 0 Å². The molecule has 0 spiro atoms. The van der Waals surface area contributed by atoms with Gasteiger partial charge in [0.1, 0.15) is 18.1 Å². The molecule has 0 saturated carbocycles. The van der Waals surface area contributed by atoms with Gasteiger partial charge in [0.15, 0.2) is 0 Å². The summed E-state index contributed by atoms with van der Waals surface area (Å²) in [5, 5.41) is 18.7. The van der Waals surface area contributed by atoms with E-state index in [1.165, 1.54) is 0 Å². The fraction of sp³-hybridized carbons (Fsp3) is 0.0455. The third-order valence-electron chi connectivity index (χ3n) is 4.42. The average Bonchev–Trinajstić information content (AvgIpc) is 3.17. The number of halogens is 3. The molecule has 0 bridgehead atoms. The number of aromatic nitrogens is 2. The number of hydrogen-bond acceptors (Lipinski definition) is 3. The first-order chi connectivity index (χ1) is 14.0. The van der Waals surface area contributed by atoms with Crippen LogP contribution in [0.15, 0.2) is 71.3 Å². The normalized spacial score (nSPS) is 10.9. The monoisotopic (exact) mass is 488 g/mol. The fourth-order valence-corrected chi connectivity index (χ4v) is 3.74. The third-order valence-corrected chi connectivity index (χ3v) is 5.49. The standard InChI is InChI=1S/C22H15BrCl2N2O2/c23-14-3-1-13(2-4-14)12-29-16-6-8-18(21(28)10-16)22-19(11-26-27-22)17-7-5-15(24)9-20(17)25/h1-11,28H,12H2,(H,26,27). The van der Waals surface area contributed by atoms with Crippen LogP contribution in [-0.4, -0.2) is 15.3 Å². The van der Waals surface area contributed by atoms with Crippen molar-refractivity contribution in [1.29, 1.82) is 0 Å². The quantitative estimate of drug-likeness (QED) is 0.314. The van der Waals surface area contributed by atoms with Gasteiger partial charge in [0.25, 0.3) is 0 Å². The molecular weight excluding hydrogens is 475 g/mol. The number of phenolic OH excluding ortho intramolecular Hbond substituents is 1. The van der Waals surface area contributed by atoms with Crippen molar-refractivity contribution in [2.75, 3.05) is 0 Å². The second-order valence-corrected chi connectivity index (χ2v) is 8.14. The van der Waals surface area contributed by atoms with Gasteiger partial charge in [0, 0.05) is 32.3 Å². The molecule has 1 aromatic heterocycles. The zero-order chi connectivity index (χ0) is 20.4. The number of benzene rings is 3. The molecule has 0 atom stereocenters. The molecule has 4 aromatic rings. The maximum absolute atomic E-state index is 10.6. The minimum atomic E-state index is 0.0777. The van der Waals surface area contributed by atoms with Crippen LogP contribution in [0.2, 0.25) is 10.0 Å². The fourth-order valence-electron chi connectivity index (χ4n) is 2.96. The maximum atomic E-state index is 10.6. The Morgan fingerprint density at radius 2 is 1.69 bits per heavy atom. The lowest BCUT2D eigenvalue weighted by atomic mass is 10.0. The zero-order valence-electron chi connectivity index (χ0n) is 15.0. The van der Waals surface area contributed by atoms with Crippen LogP contribution in [0.25, 0.3) is 22.4 Å². The van der Waals surface area contributed by atoms with Gasteiger partial charge in [0.2, 0.25) is 0 Å². The number of nitrogens with one attached hydrogen (secondary N) is 1. The molecule has 7 heteroatoms. The van der Waals surface area contributed by atoms with E-state index >= 15 is 0 Å². The number of rotatable bonds is 5. The molecule has 2 N–H and O–H groups in total. The first kappa shape index (κ1) is 19.8. The van der Waals surface area contributed by atoms with Gasteiger partial charge in [-0.05, 0) is 42.0 Å². The zero-order valence-corrected chi connectivity index (χ0v) is 18.1. The Labute approximate surface area is 186 Å². The van der Waals surface area contributed by atoms with Crippen molar-refractivity contribution in [3.05, 3.63) is 86.9 Å². The largest absolute Gasteiger partial charge is 0.507 e. The molecule has 0 radical (unpaired) electrons. The summed E-state index contributed by atoms with van der Waals surface area (Å²) in [7, 11) is 0. The van der Waals surface area contributed by atoms with E-state index in [2.05, 4.69) is 26.1 Å². The smallest absolute Gasteiger partial charge is 0.128 e. The summed E-state index contributed by atoms with van der Waals surface area (Å²) >= 11 is 15.7. The van der Waals surface area contributed by atoms with Crippen molar-refractivity contribution >= 4 is 39.1 Å². The van der Waals surface area contributed by atoms with Crippen molar-refractivity contribution in [3.63, 3.8) is 0 Å². The molecule has 4 nitrogen and oxygen atoms in total. The Balaban J connectivity index is 1.59.